The number of imidazole rings is 1. The third-order valence-corrected chi connectivity index (χ3v) is 5.48. The summed E-state index contributed by atoms with van der Waals surface area (Å²) in [7, 11) is 1.64. The highest BCUT2D eigenvalue weighted by Gasteiger charge is 2.33. The average molecular weight is 492 g/mol. The Hall–Kier alpha value is -3.39. The van der Waals surface area contributed by atoms with Crippen molar-refractivity contribution in [2.75, 3.05) is 19.5 Å². The van der Waals surface area contributed by atoms with Crippen LogP contribution in [0.5, 0.6) is 11.5 Å². The number of rotatable bonds is 8. The summed E-state index contributed by atoms with van der Waals surface area (Å²) in [5.74, 6) is 1.59. The minimum atomic E-state index is -4.50. The van der Waals surface area contributed by atoms with Gasteiger partial charge in [0, 0.05) is 18.7 Å². The number of benzene rings is 3. The van der Waals surface area contributed by atoms with Gasteiger partial charge in [-0.3, -0.25) is 0 Å². The highest BCUT2D eigenvalue weighted by Crippen LogP contribution is 2.35. The van der Waals surface area contributed by atoms with E-state index in [0.29, 0.717) is 30.6 Å². The van der Waals surface area contributed by atoms with Crippen molar-refractivity contribution in [1.29, 1.82) is 0 Å². The first-order valence-corrected chi connectivity index (χ1v) is 10.5. The maximum atomic E-state index is 13.2. The number of nitrogens with zero attached hydrogens (tertiary/aromatic N) is 2. The van der Waals surface area contributed by atoms with Crippen LogP contribution >= 0.6 is 12.4 Å². The van der Waals surface area contributed by atoms with Crippen LogP contribution < -0.4 is 15.2 Å². The van der Waals surface area contributed by atoms with Gasteiger partial charge in [-0.05, 0) is 53.9 Å². The summed E-state index contributed by atoms with van der Waals surface area (Å²) >= 11 is 0. The summed E-state index contributed by atoms with van der Waals surface area (Å²) in [6.07, 6.45) is -1.54. The van der Waals surface area contributed by atoms with Crippen molar-refractivity contribution in [2.45, 2.75) is 25.6 Å². The van der Waals surface area contributed by atoms with Crippen molar-refractivity contribution in [3.8, 4) is 11.5 Å². The molecule has 0 unspecified atom stereocenters. The predicted octanol–water partition coefficient (Wildman–Crippen LogP) is 5.93. The number of hydrogen-bond donors (Lipinski definition) is 1. The number of fused-ring (bicyclic) bond motifs is 1. The Balaban J connectivity index is 0.00000324. The van der Waals surface area contributed by atoms with Crippen LogP contribution in [0.2, 0.25) is 0 Å². The summed E-state index contributed by atoms with van der Waals surface area (Å²) in [6.45, 7) is 1.05. The normalized spacial score (nSPS) is 11.3. The van der Waals surface area contributed by atoms with E-state index in [4.69, 9.17) is 15.2 Å². The molecule has 0 aliphatic carbocycles. The summed E-state index contributed by atoms with van der Waals surface area (Å²) in [5, 5.41) is 0. The van der Waals surface area contributed by atoms with E-state index in [2.05, 4.69) is 4.98 Å². The molecule has 0 saturated heterocycles. The third kappa shape index (κ3) is 5.94. The van der Waals surface area contributed by atoms with Crippen molar-refractivity contribution in [3.63, 3.8) is 0 Å². The molecule has 0 atom stereocenters. The molecule has 0 aliphatic heterocycles. The van der Waals surface area contributed by atoms with Gasteiger partial charge < -0.3 is 19.8 Å². The Morgan fingerprint density at radius 2 is 1.53 bits per heavy atom. The molecule has 9 heteroatoms. The zero-order valence-electron chi connectivity index (χ0n) is 18.5. The molecule has 180 valence electrons. The molecular formula is C25H25ClF3N3O2. The number of anilines is 1. The van der Waals surface area contributed by atoms with Crippen molar-refractivity contribution in [1.82, 2.24) is 9.55 Å². The molecule has 0 fully saturated rings. The summed E-state index contributed by atoms with van der Waals surface area (Å²) in [6, 6.07) is 17.9. The molecule has 0 amide bonds. The molecule has 0 radical (unpaired) electrons. The van der Waals surface area contributed by atoms with Crippen LogP contribution in [0.1, 0.15) is 16.7 Å². The Labute approximate surface area is 201 Å². The van der Waals surface area contributed by atoms with Crippen molar-refractivity contribution >= 4 is 29.1 Å². The first kappa shape index (κ1) is 25.2. The molecule has 4 aromatic rings. The third-order valence-electron chi connectivity index (χ3n) is 5.48. The molecule has 3 aromatic carbocycles. The fraction of sp³-hybridized carbons (Fsp3) is 0.240. The van der Waals surface area contributed by atoms with E-state index in [9.17, 15) is 13.2 Å². The molecule has 0 bridgehead atoms. The fourth-order valence-electron chi connectivity index (χ4n) is 3.63. The number of methoxy groups -OCH3 is 1. The van der Waals surface area contributed by atoms with Crippen LogP contribution in [-0.2, 0) is 25.6 Å². The van der Waals surface area contributed by atoms with Crippen LogP contribution in [0, 0.1) is 0 Å². The topological polar surface area (TPSA) is 62.3 Å². The predicted molar refractivity (Wildman–Crippen MR) is 129 cm³/mol. The number of hydrogen-bond acceptors (Lipinski definition) is 4. The number of nitrogens with two attached hydrogens (primary N) is 1. The molecule has 0 spiro atoms. The van der Waals surface area contributed by atoms with Crippen molar-refractivity contribution in [3.05, 3.63) is 83.7 Å². The molecule has 1 aromatic heterocycles. The highest BCUT2D eigenvalue weighted by atomic mass is 35.5. The van der Waals surface area contributed by atoms with Crippen molar-refractivity contribution in [2.24, 2.45) is 0 Å². The quantitative estimate of drug-likeness (QED) is 0.310. The Bertz CT molecular complexity index is 1220. The van der Waals surface area contributed by atoms with Gasteiger partial charge in [0.2, 0.25) is 0 Å². The lowest BCUT2D eigenvalue weighted by Gasteiger charge is -2.11. The second-order valence-electron chi connectivity index (χ2n) is 7.70. The molecule has 2 N–H and O–H groups in total. The largest absolute Gasteiger partial charge is 0.497 e. The van der Waals surface area contributed by atoms with E-state index in [1.165, 1.54) is 6.07 Å². The van der Waals surface area contributed by atoms with Gasteiger partial charge in [-0.2, -0.15) is 13.2 Å². The summed E-state index contributed by atoms with van der Waals surface area (Å²) < 4.78 is 52.3. The van der Waals surface area contributed by atoms with E-state index in [1.54, 1.807) is 18.0 Å². The maximum absolute atomic E-state index is 13.2. The molecule has 1 heterocycles. The van der Waals surface area contributed by atoms with Crippen LogP contribution in [0.4, 0.5) is 18.9 Å². The van der Waals surface area contributed by atoms with Gasteiger partial charge in [-0.1, -0.05) is 24.3 Å². The van der Waals surface area contributed by atoms with Crippen LogP contribution in [-0.4, -0.2) is 23.3 Å². The minimum Gasteiger partial charge on any atom is -0.497 e. The lowest BCUT2D eigenvalue weighted by molar-refractivity contribution is -0.136. The van der Waals surface area contributed by atoms with E-state index in [1.807, 2.05) is 48.5 Å². The van der Waals surface area contributed by atoms with Crippen LogP contribution in [0.3, 0.4) is 0 Å². The van der Waals surface area contributed by atoms with Gasteiger partial charge in [-0.25, -0.2) is 4.98 Å². The zero-order valence-corrected chi connectivity index (χ0v) is 19.3. The van der Waals surface area contributed by atoms with Crippen molar-refractivity contribution < 1.29 is 22.6 Å². The molecular weight excluding hydrogens is 467 g/mol. The van der Waals surface area contributed by atoms with Gasteiger partial charge in [0.25, 0.3) is 0 Å². The standard InChI is InChI=1S/C25H24F3N3O2.ClH/c1-32-19-6-2-18(3-7-19)11-13-33-20-8-4-17(5-9-20)10-12-31-16-30-23-15-22(29)21(14-24(23)31)25(26,27)28;/h2-9,14-16H,10-13,29H2,1H3;1H. The smallest absolute Gasteiger partial charge is 0.418 e. The average Bonchev–Trinajstić information content (AvgIpc) is 3.19. The van der Waals surface area contributed by atoms with Gasteiger partial charge >= 0.3 is 6.18 Å². The Kier molecular flexibility index (Phi) is 7.94. The highest BCUT2D eigenvalue weighted by molar-refractivity contribution is 5.85. The maximum Gasteiger partial charge on any atom is 0.418 e. The zero-order chi connectivity index (χ0) is 23.4. The Morgan fingerprint density at radius 3 is 2.15 bits per heavy atom. The van der Waals surface area contributed by atoms with Crippen LogP contribution in [0.15, 0.2) is 67.0 Å². The number of aryl methyl sites for hydroxylation is 2. The second-order valence-corrected chi connectivity index (χ2v) is 7.70. The van der Waals surface area contributed by atoms with Gasteiger partial charge in [0.15, 0.2) is 0 Å². The van der Waals surface area contributed by atoms with Gasteiger partial charge in [0.1, 0.15) is 11.5 Å². The molecule has 0 aliphatic rings. The SMILES string of the molecule is COc1ccc(CCOc2ccc(CCn3cnc4cc(N)c(C(F)(F)F)cc43)cc2)cc1.Cl. The molecule has 0 saturated carbocycles. The minimum absolute atomic E-state index is 0. The van der Waals surface area contributed by atoms with E-state index < -0.39 is 11.7 Å². The van der Waals surface area contributed by atoms with E-state index >= 15 is 0 Å². The van der Waals surface area contributed by atoms with Gasteiger partial charge in [-0.15, -0.1) is 12.4 Å². The number of aromatic nitrogens is 2. The van der Waals surface area contributed by atoms with Crippen LogP contribution in [0.25, 0.3) is 11.0 Å². The molecule has 4 rings (SSSR count). The summed E-state index contributed by atoms with van der Waals surface area (Å²) in [4.78, 5) is 4.19. The Morgan fingerprint density at radius 1 is 0.912 bits per heavy atom. The number of ether oxygens (including phenoxy) is 2. The second kappa shape index (κ2) is 10.7. The first-order chi connectivity index (χ1) is 15.8. The van der Waals surface area contributed by atoms with E-state index in [0.717, 1.165) is 35.1 Å². The monoisotopic (exact) mass is 491 g/mol. The lowest BCUT2D eigenvalue weighted by Crippen LogP contribution is -2.09. The molecule has 34 heavy (non-hydrogen) atoms. The van der Waals surface area contributed by atoms with Gasteiger partial charge in [0.05, 0.1) is 36.6 Å². The van der Waals surface area contributed by atoms with E-state index in [-0.39, 0.29) is 18.1 Å². The fourth-order valence-corrected chi connectivity index (χ4v) is 3.63. The first-order valence-electron chi connectivity index (χ1n) is 10.5. The number of nitrogen functional groups attached to an aromatic ring is 1. The summed E-state index contributed by atoms with van der Waals surface area (Å²) in [5.41, 5.74) is 7.46. The molecule has 5 nitrogen and oxygen atoms in total. The number of halogens is 4. The lowest BCUT2D eigenvalue weighted by atomic mass is 10.1. The number of alkyl halides is 3.